The number of nitrogens with one attached hydrogen (secondary N) is 1. The fourth-order valence-electron chi connectivity index (χ4n) is 3.15. The quantitative estimate of drug-likeness (QED) is 0.848. The van der Waals surface area contributed by atoms with Crippen LogP contribution in [0.25, 0.3) is 0 Å². The van der Waals surface area contributed by atoms with Gasteiger partial charge in [0.15, 0.2) is 0 Å². The molecule has 0 aliphatic carbocycles. The molecular formula is C21H28N4O2. The Kier molecular flexibility index (Phi) is 6.29. The molecule has 1 saturated heterocycles. The third-order valence-corrected chi connectivity index (χ3v) is 4.65. The number of para-hydroxylation sites is 2. The molecule has 1 fully saturated rings. The van der Waals surface area contributed by atoms with Crippen molar-refractivity contribution in [1.82, 2.24) is 9.88 Å². The first kappa shape index (κ1) is 19.2. The fraction of sp³-hybridized carbons (Fsp3) is 0.429. The number of benzene rings is 1. The Morgan fingerprint density at radius 2 is 1.93 bits per heavy atom. The van der Waals surface area contributed by atoms with Crippen LogP contribution < -0.4 is 15.0 Å². The predicted molar refractivity (Wildman–Crippen MR) is 109 cm³/mol. The van der Waals surface area contributed by atoms with Gasteiger partial charge in [-0.25, -0.2) is 4.98 Å². The summed E-state index contributed by atoms with van der Waals surface area (Å²) in [5.41, 5.74) is 1.27. The second kappa shape index (κ2) is 8.86. The van der Waals surface area contributed by atoms with Gasteiger partial charge in [0.1, 0.15) is 11.6 Å². The van der Waals surface area contributed by atoms with E-state index >= 15 is 0 Å². The SMILES string of the molecule is CCN1CCN(c2cc(C(=O)Nc3ccccc3OC(C)C)ccn2)CC1. The number of hydrogen-bond donors (Lipinski definition) is 1. The molecule has 27 heavy (non-hydrogen) atoms. The van der Waals surface area contributed by atoms with Crippen LogP contribution in [0.4, 0.5) is 11.5 Å². The summed E-state index contributed by atoms with van der Waals surface area (Å²) in [6.45, 7) is 11.1. The average Bonchev–Trinajstić information content (AvgIpc) is 2.69. The van der Waals surface area contributed by atoms with Gasteiger partial charge in [0.25, 0.3) is 5.91 Å². The Hall–Kier alpha value is -2.60. The van der Waals surface area contributed by atoms with E-state index in [4.69, 9.17) is 4.74 Å². The number of pyridine rings is 1. The van der Waals surface area contributed by atoms with Gasteiger partial charge >= 0.3 is 0 Å². The molecule has 6 heteroatoms. The van der Waals surface area contributed by atoms with E-state index in [-0.39, 0.29) is 12.0 Å². The van der Waals surface area contributed by atoms with E-state index in [2.05, 4.69) is 27.0 Å². The number of amides is 1. The van der Waals surface area contributed by atoms with E-state index in [1.807, 2.05) is 44.2 Å². The van der Waals surface area contributed by atoms with Gasteiger partial charge in [-0.3, -0.25) is 4.79 Å². The number of aromatic nitrogens is 1. The highest BCUT2D eigenvalue weighted by atomic mass is 16.5. The van der Waals surface area contributed by atoms with Crippen LogP contribution in [0.5, 0.6) is 5.75 Å². The second-order valence-electron chi connectivity index (χ2n) is 6.94. The maximum absolute atomic E-state index is 12.8. The van der Waals surface area contributed by atoms with E-state index in [0.717, 1.165) is 38.5 Å². The van der Waals surface area contributed by atoms with E-state index in [1.54, 1.807) is 12.3 Å². The Morgan fingerprint density at radius 3 is 2.63 bits per heavy atom. The van der Waals surface area contributed by atoms with Gasteiger partial charge < -0.3 is 19.9 Å². The summed E-state index contributed by atoms with van der Waals surface area (Å²) < 4.78 is 5.78. The van der Waals surface area contributed by atoms with Crippen molar-refractivity contribution in [2.45, 2.75) is 26.9 Å². The maximum Gasteiger partial charge on any atom is 0.255 e. The Bertz CT molecular complexity index is 770. The second-order valence-corrected chi connectivity index (χ2v) is 6.94. The summed E-state index contributed by atoms with van der Waals surface area (Å²) in [6, 6.07) is 11.1. The summed E-state index contributed by atoms with van der Waals surface area (Å²) in [4.78, 5) is 21.9. The van der Waals surface area contributed by atoms with Crippen molar-refractivity contribution in [3.05, 3.63) is 48.2 Å². The first-order valence-electron chi connectivity index (χ1n) is 9.57. The highest BCUT2D eigenvalue weighted by molar-refractivity contribution is 6.05. The minimum Gasteiger partial charge on any atom is -0.489 e. The number of piperazine rings is 1. The molecular weight excluding hydrogens is 340 g/mol. The third kappa shape index (κ3) is 4.98. The Labute approximate surface area is 161 Å². The highest BCUT2D eigenvalue weighted by Gasteiger charge is 2.18. The van der Waals surface area contributed by atoms with E-state index in [0.29, 0.717) is 17.0 Å². The van der Waals surface area contributed by atoms with Crippen LogP contribution in [0.15, 0.2) is 42.6 Å². The van der Waals surface area contributed by atoms with Crippen LogP contribution in [0.1, 0.15) is 31.1 Å². The van der Waals surface area contributed by atoms with Crippen molar-refractivity contribution in [2.24, 2.45) is 0 Å². The monoisotopic (exact) mass is 368 g/mol. The number of nitrogens with zero attached hydrogens (tertiary/aromatic N) is 3. The number of carbonyl (C=O) groups excluding carboxylic acids is 1. The molecule has 144 valence electrons. The van der Waals surface area contributed by atoms with E-state index in [1.165, 1.54) is 0 Å². The minimum atomic E-state index is -0.161. The first-order chi connectivity index (χ1) is 13.1. The molecule has 0 radical (unpaired) electrons. The molecule has 0 bridgehead atoms. The van der Waals surface area contributed by atoms with Crippen LogP contribution >= 0.6 is 0 Å². The molecule has 0 spiro atoms. The number of ether oxygens (including phenoxy) is 1. The maximum atomic E-state index is 12.8. The zero-order chi connectivity index (χ0) is 19.2. The lowest BCUT2D eigenvalue weighted by Crippen LogP contribution is -2.46. The van der Waals surface area contributed by atoms with Crippen LogP contribution in [0, 0.1) is 0 Å². The highest BCUT2D eigenvalue weighted by Crippen LogP contribution is 2.26. The summed E-state index contributed by atoms with van der Waals surface area (Å²) in [5, 5.41) is 2.96. The fourth-order valence-corrected chi connectivity index (χ4v) is 3.15. The van der Waals surface area contributed by atoms with Crippen LogP contribution in [0.2, 0.25) is 0 Å². The standard InChI is InChI=1S/C21H28N4O2/c1-4-24-11-13-25(14-12-24)20-15-17(9-10-22-20)21(26)23-18-7-5-6-8-19(18)27-16(2)3/h5-10,15-16H,4,11-14H2,1-3H3,(H,23,26). The average molecular weight is 368 g/mol. The normalized spacial score (nSPS) is 15.0. The van der Waals surface area contributed by atoms with Crippen molar-refractivity contribution >= 4 is 17.4 Å². The molecule has 2 aromatic rings. The molecule has 1 N–H and O–H groups in total. The lowest BCUT2D eigenvalue weighted by Gasteiger charge is -2.34. The lowest BCUT2D eigenvalue weighted by atomic mass is 10.2. The van der Waals surface area contributed by atoms with Crippen LogP contribution in [-0.2, 0) is 0 Å². The molecule has 0 saturated carbocycles. The molecule has 3 rings (SSSR count). The van der Waals surface area contributed by atoms with Gasteiger partial charge in [-0.2, -0.15) is 0 Å². The summed E-state index contributed by atoms with van der Waals surface area (Å²) in [7, 11) is 0. The molecule has 1 aromatic heterocycles. The number of hydrogen-bond acceptors (Lipinski definition) is 5. The largest absolute Gasteiger partial charge is 0.489 e. The molecule has 1 aromatic carbocycles. The van der Waals surface area contributed by atoms with Crippen LogP contribution in [0.3, 0.4) is 0 Å². The minimum absolute atomic E-state index is 0.0392. The van der Waals surface area contributed by atoms with Gasteiger partial charge in [0.05, 0.1) is 11.8 Å². The van der Waals surface area contributed by atoms with Crippen LogP contribution in [-0.4, -0.2) is 54.6 Å². The van der Waals surface area contributed by atoms with Gasteiger partial charge in [0, 0.05) is 37.9 Å². The molecule has 0 unspecified atom stereocenters. The molecule has 6 nitrogen and oxygen atoms in total. The molecule has 1 amide bonds. The zero-order valence-electron chi connectivity index (χ0n) is 16.3. The Balaban J connectivity index is 1.71. The molecule has 0 atom stereocenters. The molecule has 1 aliphatic rings. The first-order valence-corrected chi connectivity index (χ1v) is 9.57. The van der Waals surface area contributed by atoms with Gasteiger partial charge in [-0.1, -0.05) is 19.1 Å². The third-order valence-electron chi connectivity index (χ3n) is 4.65. The number of likely N-dealkylation sites (N-methyl/N-ethyl adjacent to an activating group) is 1. The zero-order valence-corrected chi connectivity index (χ0v) is 16.3. The Morgan fingerprint density at radius 1 is 1.19 bits per heavy atom. The topological polar surface area (TPSA) is 57.7 Å². The van der Waals surface area contributed by atoms with Crippen molar-refractivity contribution in [3.8, 4) is 5.75 Å². The number of carbonyl (C=O) groups is 1. The van der Waals surface area contributed by atoms with Gasteiger partial charge in [0.2, 0.25) is 0 Å². The smallest absolute Gasteiger partial charge is 0.255 e. The van der Waals surface area contributed by atoms with Crippen molar-refractivity contribution in [2.75, 3.05) is 42.9 Å². The van der Waals surface area contributed by atoms with E-state index in [9.17, 15) is 4.79 Å². The van der Waals surface area contributed by atoms with Crippen molar-refractivity contribution in [3.63, 3.8) is 0 Å². The predicted octanol–water partition coefficient (Wildman–Crippen LogP) is 3.26. The molecule has 1 aliphatic heterocycles. The van der Waals surface area contributed by atoms with Gasteiger partial charge in [-0.15, -0.1) is 0 Å². The van der Waals surface area contributed by atoms with E-state index < -0.39 is 0 Å². The summed E-state index contributed by atoms with van der Waals surface area (Å²) in [6.07, 6.45) is 1.74. The van der Waals surface area contributed by atoms with Crippen molar-refractivity contribution in [1.29, 1.82) is 0 Å². The summed E-state index contributed by atoms with van der Waals surface area (Å²) in [5.74, 6) is 1.36. The molecule has 2 heterocycles. The lowest BCUT2D eigenvalue weighted by molar-refractivity contribution is 0.102. The number of anilines is 2. The van der Waals surface area contributed by atoms with Gasteiger partial charge in [-0.05, 0) is 44.7 Å². The summed E-state index contributed by atoms with van der Waals surface area (Å²) >= 11 is 0. The van der Waals surface area contributed by atoms with Crippen molar-refractivity contribution < 1.29 is 9.53 Å². The number of rotatable bonds is 6.